The first-order valence-electron chi connectivity index (χ1n) is 7.98. The average Bonchev–Trinajstić information content (AvgIpc) is 2.57. The fourth-order valence-corrected chi connectivity index (χ4v) is 1.90. The number of esters is 1. The van der Waals surface area contributed by atoms with Crippen LogP contribution in [0, 0.1) is 0 Å². The van der Waals surface area contributed by atoms with Gasteiger partial charge in [-0.3, -0.25) is 0 Å². The molecule has 0 heterocycles. The van der Waals surface area contributed by atoms with Crippen molar-refractivity contribution in [3.05, 3.63) is 35.4 Å². The Morgan fingerprint density at radius 1 is 1.17 bits per heavy atom. The predicted octanol–water partition coefficient (Wildman–Crippen LogP) is 1.95. The lowest BCUT2D eigenvalue weighted by molar-refractivity contribution is 0.0526. The lowest BCUT2D eigenvalue weighted by Crippen LogP contribution is -2.38. The molecule has 0 radical (unpaired) electrons. The van der Waals surface area contributed by atoms with Crippen LogP contribution < -0.4 is 10.6 Å². The van der Waals surface area contributed by atoms with Crippen LogP contribution in [0.3, 0.4) is 0 Å². The third-order valence-electron chi connectivity index (χ3n) is 3.05. The number of benzene rings is 1. The minimum absolute atomic E-state index is 0.296. The third-order valence-corrected chi connectivity index (χ3v) is 3.05. The van der Waals surface area contributed by atoms with Crippen molar-refractivity contribution in [2.24, 2.45) is 4.99 Å². The van der Waals surface area contributed by atoms with E-state index in [1.165, 1.54) is 0 Å². The zero-order chi connectivity index (χ0) is 16.9. The number of aliphatic imine (C=N–C) groups is 1. The molecule has 0 aliphatic carbocycles. The van der Waals surface area contributed by atoms with E-state index in [1.54, 1.807) is 26.2 Å². The lowest BCUT2D eigenvalue weighted by atomic mass is 10.1. The average molecular weight is 321 g/mol. The lowest BCUT2D eigenvalue weighted by Gasteiger charge is -2.11. The molecule has 128 valence electrons. The summed E-state index contributed by atoms with van der Waals surface area (Å²) in [6, 6.07) is 7.32. The number of rotatable bonds is 9. The minimum Gasteiger partial charge on any atom is -0.462 e. The SMILES string of the molecule is CCNC(=NCc1ccc(C(=O)OCC)cc1)NCCCOC. The van der Waals surface area contributed by atoms with Gasteiger partial charge in [0.2, 0.25) is 0 Å². The van der Waals surface area contributed by atoms with Crippen LogP contribution in [0.1, 0.15) is 36.2 Å². The van der Waals surface area contributed by atoms with Crippen molar-refractivity contribution in [3.63, 3.8) is 0 Å². The van der Waals surface area contributed by atoms with Crippen molar-refractivity contribution in [1.82, 2.24) is 10.6 Å². The molecule has 23 heavy (non-hydrogen) atoms. The van der Waals surface area contributed by atoms with Crippen molar-refractivity contribution >= 4 is 11.9 Å². The van der Waals surface area contributed by atoms with E-state index in [-0.39, 0.29) is 5.97 Å². The van der Waals surface area contributed by atoms with Gasteiger partial charge in [-0.1, -0.05) is 12.1 Å². The molecule has 1 aromatic carbocycles. The maximum atomic E-state index is 11.6. The summed E-state index contributed by atoms with van der Waals surface area (Å²) in [5, 5.41) is 6.46. The number of ether oxygens (including phenoxy) is 2. The van der Waals surface area contributed by atoms with Gasteiger partial charge in [-0.25, -0.2) is 9.79 Å². The summed E-state index contributed by atoms with van der Waals surface area (Å²) in [5.41, 5.74) is 1.59. The van der Waals surface area contributed by atoms with Gasteiger partial charge in [0.15, 0.2) is 5.96 Å². The number of hydrogen-bond acceptors (Lipinski definition) is 4. The number of nitrogens with one attached hydrogen (secondary N) is 2. The highest BCUT2D eigenvalue weighted by Crippen LogP contribution is 2.07. The number of guanidine groups is 1. The Hall–Kier alpha value is -2.08. The third kappa shape index (κ3) is 7.65. The standard InChI is InChI=1S/C17H27N3O3/c1-4-18-17(19-11-6-12-22-3)20-13-14-7-9-15(10-8-14)16(21)23-5-2/h7-10H,4-6,11-13H2,1-3H3,(H2,18,19,20). The Morgan fingerprint density at radius 2 is 1.91 bits per heavy atom. The Balaban J connectivity index is 2.55. The molecule has 0 aliphatic heterocycles. The van der Waals surface area contributed by atoms with E-state index in [9.17, 15) is 4.79 Å². The van der Waals surface area contributed by atoms with Gasteiger partial charge in [0.05, 0.1) is 18.7 Å². The van der Waals surface area contributed by atoms with Crippen LogP contribution in [0.4, 0.5) is 0 Å². The molecule has 1 rings (SSSR count). The second-order valence-electron chi connectivity index (χ2n) is 4.89. The van der Waals surface area contributed by atoms with Crippen LogP contribution in [0.25, 0.3) is 0 Å². The molecule has 0 aliphatic rings. The van der Waals surface area contributed by atoms with E-state index in [0.29, 0.717) is 18.7 Å². The van der Waals surface area contributed by atoms with E-state index < -0.39 is 0 Å². The van der Waals surface area contributed by atoms with Gasteiger partial charge in [0, 0.05) is 26.8 Å². The second-order valence-corrected chi connectivity index (χ2v) is 4.89. The summed E-state index contributed by atoms with van der Waals surface area (Å²) < 4.78 is 9.99. The normalized spacial score (nSPS) is 11.2. The molecule has 0 unspecified atom stereocenters. The molecule has 0 atom stereocenters. The molecule has 6 nitrogen and oxygen atoms in total. The van der Waals surface area contributed by atoms with E-state index in [2.05, 4.69) is 15.6 Å². The van der Waals surface area contributed by atoms with Gasteiger partial charge in [-0.2, -0.15) is 0 Å². The molecule has 1 aromatic rings. The van der Waals surface area contributed by atoms with Gasteiger partial charge >= 0.3 is 5.97 Å². The maximum Gasteiger partial charge on any atom is 0.338 e. The smallest absolute Gasteiger partial charge is 0.338 e. The molecule has 0 bridgehead atoms. The maximum absolute atomic E-state index is 11.6. The van der Waals surface area contributed by atoms with Gasteiger partial charge in [0.25, 0.3) is 0 Å². The second kappa shape index (κ2) is 11.5. The molecule has 0 amide bonds. The van der Waals surface area contributed by atoms with Gasteiger partial charge in [0.1, 0.15) is 0 Å². The van der Waals surface area contributed by atoms with Crippen LogP contribution in [-0.2, 0) is 16.0 Å². The van der Waals surface area contributed by atoms with Gasteiger partial charge in [-0.05, 0) is 38.0 Å². The van der Waals surface area contributed by atoms with Crippen molar-refractivity contribution in [2.75, 3.05) is 33.4 Å². The zero-order valence-corrected chi connectivity index (χ0v) is 14.2. The van der Waals surface area contributed by atoms with E-state index in [0.717, 1.165) is 37.6 Å². The first-order valence-corrected chi connectivity index (χ1v) is 7.98. The molecule has 0 spiro atoms. The fraction of sp³-hybridized carbons (Fsp3) is 0.529. The Labute approximate surface area is 138 Å². The first kappa shape index (κ1) is 19.0. The summed E-state index contributed by atoms with van der Waals surface area (Å²) in [7, 11) is 1.69. The van der Waals surface area contributed by atoms with Crippen molar-refractivity contribution in [1.29, 1.82) is 0 Å². The summed E-state index contributed by atoms with van der Waals surface area (Å²) >= 11 is 0. The number of carbonyl (C=O) groups is 1. The Morgan fingerprint density at radius 3 is 2.52 bits per heavy atom. The van der Waals surface area contributed by atoms with Crippen molar-refractivity contribution in [3.8, 4) is 0 Å². The first-order chi connectivity index (χ1) is 11.2. The summed E-state index contributed by atoms with van der Waals surface area (Å²) in [6.45, 7) is 7.08. The Bertz CT molecular complexity index is 486. The van der Waals surface area contributed by atoms with Crippen LogP contribution in [-0.4, -0.2) is 45.3 Å². The monoisotopic (exact) mass is 321 g/mol. The van der Waals surface area contributed by atoms with Crippen LogP contribution in [0.2, 0.25) is 0 Å². The molecule has 0 aromatic heterocycles. The highest BCUT2D eigenvalue weighted by atomic mass is 16.5. The van der Waals surface area contributed by atoms with E-state index >= 15 is 0 Å². The molecular formula is C17H27N3O3. The van der Waals surface area contributed by atoms with Crippen molar-refractivity contribution < 1.29 is 14.3 Å². The molecular weight excluding hydrogens is 294 g/mol. The largest absolute Gasteiger partial charge is 0.462 e. The highest BCUT2D eigenvalue weighted by Gasteiger charge is 2.05. The molecule has 0 fully saturated rings. The molecule has 6 heteroatoms. The molecule has 2 N–H and O–H groups in total. The number of nitrogens with zero attached hydrogens (tertiary/aromatic N) is 1. The molecule has 0 saturated carbocycles. The predicted molar refractivity (Wildman–Crippen MR) is 91.7 cm³/mol. The highest BCUT2D eigenvalue weighted by molar-refractivity contribution is 5.89. The Kier molecular flexibility index (Phi) is 9.47. The van der Waals surface area contributed by atoms with Crippen molar-refractivity contribution in [2.45, 2.75) is 26.8 Å². The zero-order valence-electron chi connectivity index (χ0n) is 14.2. The number of methoxy groups -OCH3 is 1. The van der Waals surface area contributed by atoms with E-state index in [1.807, 2.05) is 19.1 Å². The summed E-state index contributed by atoms with van der Waals surface area (Å²) in [4.78, 5) is 16.1. The van der Waals surface area contributed by atoms with Gasteiger partial charge in [-0.15, -0.1) is 0 Å². The van der Waals surface area contributed by atoms with Crippen LogP contribution >= 0.6 is 0 Å². The van der Waals surface area contributed by atoms with Gasteiger partial charge < -0.3 is 20.1 Å². The fourth-order valence-electron chi connectivity index (χ4n) is 1.90. The summed E-state index contributed by atoms with van der Waals surface area (Å²) in [5.74, 6) is 0.480. The number of hydrogen-bond donors (Lipinski definition) is 2. The van der Waals surface area contributed by atoms with Crippen LogP contribution in [0.5, 0.6) is 0 Å². The van der Waals surface area contributed by atoms with Crippen LogP contribution in [0.15, 0.2) is 29.3 Å². The topological polar surface area (TPSA) is 72.0 Å². The molecule has 0 saturated heterocycles. The quantitative estimate of drug-likeness (QED) is 0.315. The minimum atomic E-state index is -0.296. The summed E-state index contributed by atoms with van der Waals surface area (Å²) in [6.07, 6.45) is 0.926. The van der Waals surface area contributed by atoms with E-state index in [4.69, 9.17) is 9.47 Å². The number of carbonyl (C=O) groups excluding carboxylic acids is 1.